The fourth-order valence-electron chi connectivity index (χ4n) is 17.2. The zero-order valence-corrected chi connectivity index (χ0v) is 30.5. The number of rotatable bonds is 4. The van der Waals surface area contributed by atoms with Gasteiger partial charge in [-0.2, -0.15) is 0 Å². The maximum absolute atomic E-state index is 2.69. The molecule has 40 heavy (non-hydrogen) atoms. The molecular formula is C38H64Si2. The lowest BCUT2D eigenvalue weighted by Crippen LogP contribution is -2.80. The lowest BCUT2D eigenvalue weighted by molar-refractivity contribution is 0.278. The summed E-state index contributed by atoms with van der Waals surface area (Å²) < 4.78 is 0. The summed E-state index contributed by atoms with van der Waals surface area (Å²) >= 11 is 0. The van der Waals surface area contributed by atoms with Crippen LogP contribution in [0, 0.1) is 80.8 Å². The predicted molar refractivity (Wildman–Crippen MR) is 174 cm³/mol. The molecule has 11 fully saturated rings. The highest BCUT2D eigenvalue weighted by molar-refractivity contribution is 7.20. The van der Waals surface area contributed by atoms with Crippen LogP contribution in [0.2, 0.25) is 32.5 Å². The summed E-state index contributed by atoms with van der Waals surface area (Å²) in [5.74, 6) is 12.2. The highest BCUT2D eigenvalue weighted by Gasteiger charge is 2.97. The molecule has 0 amide bonds. The molecule has 0 radical (unpaired) electrons. The zero-order valence-electron chi connectivity index (χ0n) is 28.5. The van der Waals surface area contributed by atoms with Crippen molar-refractivity contribution in [2.75, 3.05) is 0 Å². The first-order valence-corrected chi connectivity index (χ1v) is 22.9. The second-order valence-electron chi connectivity index (χ2n) is 23.0. The molecule has 11 rings (SSSR count). The maximum atomic E-state index is 2.69. The van der Waals surface area contributed by atoms with E-state index in [9.17, 15) is 0 Å². The van der Waals surface area contributed by atoms with E-state index in [-0.39, 0.29) is 0 Å². The normalized spacial score (nSPS) is 60.9. The largest absolute Gasteiger partial charge is 0.0617 e. The molecule has 0 N–H and O–H groups in total. The molecule has 8 saturated carbocycles. The molecule has 224 valence electrons. The molecule has 3 heterocycles. The number of hydrogen-bond acceptors (Lipinski definition) is 0. The Balaban J connectivity index is 1.27. The Bertz CT molecular complexity index is 1040. The van der Waals surface area contributed by atoms with Gasteiger partial charge in [-0.1, -0.05) is 95.9 Å². The summed E-state index contributed by atoms with van der Waals surface area (Å²) in [6.07, 6.45) is 9.92. The van der Waals surface area contributed by atoms with E-state index in [4.69, 9.17) is 0 Å². The molecule has 14 unspecified atom stereocenters. The molecule has 0 aromatic heterocycles. The fraction of sp³-hybridized carbons (Fsp3) is 1.00. The van der Waals surface area contributed by atoms with Crippen LogP contribution in [0.3, 0.4) is 0 Å². The standard InChI is InChI=1S/C38H64Si2/c1-35(2,3)15-23-27-21-13-19-29(27)31(19)33(21)39(23)25(17-37(7,8)9)40(26(39)18-38(10,11)12)24(16-36(4,5)6)28-22-14-20-30(28)32(20)34(22)40/h19-34H,13-18H2,1-12H3. The molecule has 12 bridgehead atoms. The van der Waals surface area contributed by atoms with Crippen LogP contribution < -0.4 is 0 Å². The SMILES string of the molecule is CC(C)(C)CC1C2C3CC4C2C4C3[Si]12C(CC(C)(C)C)[Si]1(C(CC(C)(C)C)C3C4CC5C3C5C41)C2CC(C)(C)C. The maximum Gasteiger partial charge on any atom is 0.0617 e. The lowest BCUT2D eigenvalue weighted by atomic mass is 9.83. The first-order chi connectivity index (χ1) is 18.3. The second kappa shape index (κ2) is 7.12. The van der Waals surface area contributed by atoms with E-state index in [2.05, 4.69) is 83.1 Å². The first-order valence-electron chi connectivity index (χ1n) is 18.3. The Labute approximate surface area is 250 Å². The monoisotopic (exact) mass is 576 g/mol. The summed E-state index contributed by atoms with van der Waals surface area (Å²) in [6.45, 7) is 32.0. The molecule has 14 atom stereocenters. The van der Waals surface area contributed by atoms with E-state index < -0.39 is 16.1 Å². The molecular weight excluding hydrogens is 513 g/mol. The van der Waals surface area contributed by atoms with Crippen LogP contribution in [0.25, 0.3) is 0 Å². The molecule has 11 aliphatic rings. The topological polar surface area (TPSA) is 0 Å². The van der Waals surface area contributed by atoms with Crippen LogP contribution in [0.4, 0.5) is 0 Å². The Kier molecular flexibility index (Phi) is 4.77. The average molecular weight is 577 g/mol. The third kappa shape index (κ3) is 2.89. The Morgan fingerprint density at radius 2 is 0.725 bits per heavy atom. The molecule has 3 aliphatic heterocycles. The van der Waals surface area contributed by atoms with Crippen LogP contribution in [0.15, 0.2) is 0 Å². The van der Waals surface area contributed by atoms with Gasteiger partial charge >= 0.3 is 0 Å². The first kappa shape index (κ1) is 26.8. The third-order valence-corrected chi connectivity index (χ3v) is 35.7. The van der Waals surface area contributed by atoms with Gasteiger partial charge in [0, 0.05) is 0 Å². The van der Waals surface area contributed by atoms with Gasteiger partial charge in [-0.25, -0.2) is 0 Å². The highest BCUT2D eigenvalue weighted by atomic mass is 28.5. The molecule has 3 saturated heterocycles. The number of hydrogen-bond donors (Lipinski definition) is 0. The van der Waals surface area contributed by atoms with Crippen LogP contribution in [-0.2, 0) is 0 Å². The van der Waals surface area contributed by atoms with Crippen molar-refractivity contribution < 1.29 is 0 Å². The van der Waals surface area contributed by atoms with Gasteiger partial charge in [-0.15, -0.1) is 0 Å². The van der Waals surface area contributed by atoms with Crippen molar-refractivity contribution in [3.05, 3.63) is 0 Å². The lowest BCUT2D eigenvalue weighted by Gasteiger charge is -2.76. The van der Waals surface area contributed by atoms with Crippen LogP contribution in [-0.4, -0.2) is 16.1 Å². The quantitative estimate of drug-likeness (QED) is 0.292. The van der Waals surface area contributed by atoms with E-state index in [0.717, 1.165) is 0 Å². The van der Waals surface area contributed by atoms with Gasteiger partial charge in [0.05, 0.1) is 16.1 Å². The van der Waals surface area contributed by atoms with Gasteiger partial charge in [-0.3, -0.25) is 0 Å². The molecule has 0 aromatic rings. The van der Waals surface area contributed by atoms with Crippen molar-refractivity contribution in [2.45, 2.75) is 154 Å². The highest BCUT2D eigenvalue weighted by Crippen LogP contribution is 3.00. The summed E-state index contributed by atoms with van der Waals surface area (Å²) in [6, 6.07) is 0. The van der Waals surface area contributed by atoms with Crippen molar-refractivity contribution in [3.8, 4) is 0 Å². The Morgan fingerprint density at radius 1 is 0.400 bits per heavy atom. The van der Waals surface area contributed by atoms with Crippen LogP contribution in [0.1, 0.15) is 122 Å². The minimum Gasteiger partial charge on any atom is -0.0602 e. The zero-order chi connectivity index (χ0) is 28.5. The minimum atomic E-state index is -1.47. The van der Waals surface area contributed by atoms with Gasteiger partial charge in [0.1, 0.15) is 0 Å². The summed E-state index contributed by atoms with van der Waals surface area (Å²) in [7, 11) is -2.94. The van der Waals surface area contributed by atoms with Crippen molar-refractivity contribution in [1.82, 2.24) is 0 Å². The van der Waals surface area contributed by atoms with Gasteiger partial charge < -0.3 is 0 Å². The van der Waals surface area contributed by atoms with E-state index in [1.54, 1.807) is 38.5 Å². The molecule has 2 heteroatoms. The van der Waals surface area contributed by atoms with Crippen molar-refractivity contribution in [3.63, 3.8) is 0 Å². The van der Waals surface area contributed by atoms with Gasteiger partial charge in [-0.05, 0) is 139 Å². The van der Waals surface area contributed by atoms with Gasteiger partial charge in [0.2, 0.25) is 0 Å². The minimum absolute atomic E-state index is 0.509. The van der Waals surface area contributed by atoms with Crippen LogP contribution in [0.5, 0.6) is 0 Å². The third-order valence-electron chi connectivity index (χ3n) is 16.4. The van der Waals surface area contributed by atoms with Crippen LogP contribution >= 0.6 is 0 Å². The summed E-state index contributed by atoms with van der Waals surface area (Å²) in [4.78, 5) is 0. The second-order valence-corrected chi connectivity index (χ2v) is 33.8. The van der Waals surface area contributed by atoms with E-state index >= 15 is 0 Å². The Morgan fingerprint density at radius 3 is 1.00 bits per heavy atom. The van der Waals surface area contributed by atoms with Gasteiger partial charge in [0.25, 0.3) is 0 Å². The van der Waals surface area contributed by atoms with Crippen molar-refractivity contribution >= 4 is 16.1 Å². The van der Waals surface area contributed by atoms with Crippen molar-refractivity contribution in [1.29, 1.82) is 0 Å². The molecule has 0 aromatic carbocycles. The Hall–Kier alpha value is 0.434. The van der Waals surface area contributed by atoms with E-state index in [1.807, 2.05) is 0 Å². The smallest absolute Gasteiger partial charge is 0.0602 e. The summed E-state index contributed by atoms with van der Waals surface area (Å²) in [5.41, 5.74) is 7.02. The molecule has 2 spiro atoms. The van der Waals surface area contributed by atoms with Gasteiger partial charge in [0.15, 0.2) is 0 Å². The van der Waals surface area contributed by atoms with E-state index in [1.165, 1.54) is 91.7 Å². The predicted octanol–water partition coefficient (Wildman–Crippen LogP) is 11.0. The molecule has 8 aliphatic carbocycles. The van der Waals surface area contributed by atoms with E-state index in [0.29, 0.717) is 21.7 Å². The molecule has 0 nitrogen and oxygen atoms in total. The van der Waals surface area contributed by atoms with Crippen molar-refractivity contribution in [2.24, 2.45) is 80.8 Å². The fourth-order valence-corrected chi connectivity index (χ4v) is 48.6. The average Bonchev–Trinajstić information content (AvgIpc) is 3.24. The summed E-state index contributed by atoms with van der Waals surface area (Å²) in [5, 5.41) is 2.59.